The predicted molar refractivity (Wildman–Crippen MR) is 116 cm³/mol. The predicted octanol–water partition coefficient (Wildman–Crippen LogP) is 5.17. The van der Waals surface area contributed by atoms with Crippen molar-refractivity contribution < 1.29 is 19.3 Å². The van der Waals surface area contributed by atoms with Crippen molar-refractivity contribution >= 4 is 35.0 Å². The van der Waals surface area contributed by atoms with Crippen LogP contribution in [0.2, 0.25) is 5.02 Å². The van der Waals surface area contributed by atoms with E-state index in [4.69, 9.17) is 21.2 Å². The van der Waals surface area contributed by atoms with E-state index in [9.17, 15) is 14.9 Å². The Labute approximate surface area is 182 Å². The lowest BCUT2D eigenvalue weighted by molar-refractivity contribution is -0.384. The Bertz CT molecular complexity index is 1220. The average Bonchev–Trinajstić information content (AvgIpc) is 3.14. The van der Waals surface area contributed by atoms with Crippen molar-refractivity contribution in [3.8, 4) is 5.75 Å². The van der Waals surface area contributed by atoms with E-state index >= 15 is 0 Å². The minimum atomic E-state index is -0.624. The molecule has 0 bridgehead atoms. The third-order valence-electron chi connectivity index (χ3n) is 4.57. The number of nitro benzene ring substituents is 1. The molecule has 0 saturated carbocycles. The molecule has 0 saturated heterocycles. The van der Waals surface area contributed by atoms with Gasteiger partial charge >= 0.3 is 5.97 Å². The number of ether oxygens (including phenoxy) is 1. The van der Waals surface area contributed by atoms with Crippen LogP contribution in [-0.2, 0) is 16.2 Å². The van der Waals surface area contributed by atoms with Crippen LogP contribution in [0, 0.1) is 10.1 Å². The summed E-state index contributed by atoms with van der Waals surface area (Å²) in [5.74, 6) is 0.0178. The number of nitro groups is 1. The maximum Gasteiger partial charge on any atom is 0.368 e. The molecule has 0 radical (unpaired) electrons. The molecule has 0 spiro atoms. The summed E-state index contributed by atoms with van der Waals surface area (Å²) in [6.45, 7) is 0.329. The van der Waals surface area contributed by atoms with E-state index in [0.29, 0.717) is 22.9 Å². The largest absolute Gasteiger partial charge is 0.489 e. The Morgan fingerprint density at radius 2 is 1.84 bits per heavy atom. The number of nitrogens with zero attached hydrogens (tertiary/aromatic N) is 2. The lowest BCUT2D eigenvalue weighted by atomic mass is 10.0. The maximum absolute atomic E-state index is 12.2. The number of non-ortho nitro benzene ring substituents is 1. The molecule has 0 aliphatic carbocycles. The first kappa shape index (κ1) is 20.3. The van der Waals surface area contributed by atoms with Crippen LogP contribution in [-0.4, -0.2) is 16.6 Å². The molecule has 4 rings (SSSR count). The number of carbonyl (C=O) groups excluding carboxylic acids is 1. The fourth-order valence-corrected chi connectivity index (χ4v) is 3.18. The van der Waals surface area contributed by atoms with Gasteiger partial charge in [-0.2, -0.15) is 0 Å². The second kappa shape index (κ2) is 8.81. The summed E-state index contributed by atoms with van der Waals surface area (Å²) in [7, 11) is 0. The van der Waals surface area contributed by atoms with Gasteiger partial charge in [0.05, 0.1) is 10.5 Å². The summed E-state index contributed by atoms with van der Waals surface area (Å²) < 4.78 is 5.76. The van der Waals surface area contributed by atoms with Crippen molar-refractivity contribution in [1.29, 1.82) is 0 Å². The van der Waals surface area contributed by atoms with Gasteiger partial charge in [0.1, 0.15) is 18.1 Å². The van der Waals surface area contributed by atoms with Crippen molar-refractivity contribution in [2.24, 2.45) is 5.16 Å². The highest BCUT2D eigenvalue weighted by atomic mass is 35.5. The van der Waals surface area contributed by atoms with Crippen molar-refractivity contribution in [3.63, 3.8) is 0 Å². The van der Waals surface area contributed by atoms with E-state index in [1.54, 1.807) is 42.5 Å². The molecule has 3 aromatic carbocycles. The Balaban J connectivity index is 1.52. The van der Waals surface area contributed by atoms with Crippen LogP contribution >= 0.6 is 11.6 Å². The van der Waals surface area contributed by atoms with Gasteiger partial charge in [-0.15, -0.1) is 0 Å². The third kappa shape index (κ3) is 4.62. The van der Waals surface area contributed by atoms with Crippen LogP contribution in [0.15, 0.2) is 83.5 Å². The quantitative estimate of drug-likeness (QED) is 0.231. The molecule has 0 N–H and O–H groups in total. The zero-order valence-corrected chi connectivity index (χ0v) is 16.8. The van der Waals surface area contributed by atoms with Crippen molar-refractivity contribution in [2.45, 2.75) is 6.61 Å². The zero-order valence-electron chi connectivity index (χ0n) is 16.0. The molecule has 7 nitrogen and oxygen atoms in total. The van der Waals surface area contributed by atoms with Crippen LogP contribution in [0.3, 0.4) is 0 Å². The number of hydrogen-bond donors (Lipinski definition) is 0. The fraction of sp³-hybridized carbons (Fsp3) is 0.0435. The summed E-state index contributed by atoms with van der Waals surface area (Å²) in [6.07, 6.45) is 1.62. The highest BCUT2D eigenvalue weighted by Crippen LogP contribution is 2.24. The summed E-state index contributed by atoms with van der Waals surface area (Å²) >= 11 is 6.14. The molecule has 1 heterocycles. The molecule has 8 heteroatoms. The molecular weight excluding hydrogens is 420 g/mol. The molecule has 1 aliphatic heterocycles. The second-order valence-corrected chi connectivity index (χ2v) is 7.04. The molecular formula is C23H15ClN2O5. The molecule has 0 fully saturated rings. The van der Waals surface area contributed by atoms with E-state index in [2.05, 4.69) is 5.16 Å². The van der Waals surface area contributed by atoms with Gasteiger partial charge in [0.15, 0.2) is 0 Å². The van der Waals surface area contributed by atoms with E-state index in [0.717, 1.165) is 11.1 Å². The Morgan fingerprint density at radius 3 is 2.58 bits per heavy atom. The first-order valence-corrected chi connectivity index (χ1v) is 9.61. The molecule has 154 valence electrons. The highest BCUT2D eigenvalue weighted by molar-refractivity contribution is 6.31. The van der Waals surface area contributed by atoms with Gasteiger partial charge in [0.25, 0.3) is 5.69 Å². The summed E-state index contributed by atoms with van der Waals surface area (Å²) in [5.41, 5.74) is 2.38. The topological polar surface area (TPSA) is 91.0 Å². The minimum Gasteiger partial charge on any atom is -0.489 e. The number of halogens is 1. The molecule has 0 amide bonds. The molecule has 31 heavy (non-hydrogen) atoms. The molecule has 3 aromatic rings. The van der Waals surface area contributed by atoms with Crippen LogP contribution in [0.5, 0.6) is 5.75 Å². The van der Waals surface area contributed by atoms with E-state index in [-0.39, 0.29) is 17.0 Å². The molecule has 1 aliphatic rings. The monoisotopic (exact) mass is 434 g/mol. The van der Waals surface area contributed by atoms with Gasteiger partial charge in [0, 0.05) is 28.3 Å². The standard InChI is InChI=1S/C23H15ClN2O5/c24-21-7-2-1-4-17(21)14-30-19-10-8-15(9-11-19)12-20-22(25-31-23(20)27)16-5-3-6-18(13-16)26(28)29/h1-13H,14H2/b20-12-. The first-order chi connectivity index (χ1) is 15.0. The molecule has 0 aromatic heterocycles. The lowest BCUT2D eigenvalue weighted by Crippen LogP contribution is -2.07. The van der Waals surface area contributed by atoms with Crippen LogP contribution in [0.4, 0.5) is 5.69 Å². The third-order valence-corrected chi connectivity index (χ3v) is 4.94. The van der Waals surface area contributed by atoms with E-state index in [1.807, 2.05) is 18.2 Å². The van der Waals surface area contributed by atoms with Crippen molar-refractivity contribution in [3.05, 3.63) is 110 Å². The molecule has 0 atom stereocenters. The van der Waals surface area contributed by atoms with E-state index < -0.39 is 10.9 Å². The van der Waals surface area contributed by atoms with Gasteiger partial charge in [-0.3, -0.25) is 10.1 Å². The lowest BCUT2D eigenvalue weighted by Gasteiger charge is -2.08. The Morgan fingerprint density at radius 1 is 1.06 bits per heavy atom. The van der Waals surface area contributed by atoms with Crippen molar-refractivity contribution in [1.82, 2.24) is 0 Å². The number of benzene rings is 3. The van der Waals surface area contributed by atoms with E-state index in [1.165, 1.54) is 18.2 Å². The van der Waals surface area contributed by atoms with Gasteiger partial charge < -0.3 is 9.57 Å². The number of carbonyl (C=O) groups is 1. The molecule has 0 unspecified atom stereocenters. The normalized spacial score (nSPS) is 14.3. The summed E-state index contributed by atoms with van der Waals surface area (Å²) in [6, 6.07) is 20.4. The van der Waals surface area contributed by atoms with Gasteiger partial charge in [-0.1, -0.05) is 59.2 Å². The zero-order chi connectivity index (χ0) is 21.8. The number of hydrogen-bond acceptors (Lipinski definition) is 6. The smallest absolute Gasteiger partial charge is 0.368 e. The SMILES string of the molecule is O=C1ON=C(c2cccc([N+](=O)[O-])c2)/C1=C/c1ccc(OCc2ccccc2Cl)cc1. The van der Waals surface area contributed by atoms with Crippen LogP contribution < -0.4 is 4.74 Å². The number of rotatable bonds is 6. The summed E-state index contributed by atoms with van der Waals surface area (Å²) in [5, 5.41) is 15.5. The van der Waals surface area contributed by atoms with Crippen molar-refractivity contribution in [2.75, 3.05) is 0 Å². The maximum atomic E-state index is 12.2. The Kier molecular flexibility index (Phi) is 5.77. The van der Waals surface area contributed by atoms with Gasteiger partial charge in [-0.05, 0) is 29.8 Å². The van der Waals surface area contributed by atoms with Gasteiger partial charge in [-0.25, -0.2) is 4.79 Å². The fourth-order valence-electron chi connectivity index (χ4n) is 2.99. The Hall–Kier alpha value is -3.97. The van der Waals surface area contributed by atoms with Crippen LogP contribution in [0.1, 0.15) is 16.7 Å². The minimum absolute atomic E-state index is 0.0982. The average molecular weight is 435 g/mol. The number of oxime groups is 1. The van der Waals surface area contributed by atoms with Crippen LogP contribution in [0.25, 0.3) is 6.08 Å². The second-order valence-electron chi connectivity index (χ2n) is 6.63. The van der Waals surface area contributed by atoms with Gasteiger partial charge in [0.2, 0.25) is 0 Å². The summed E-state index contributed by atoms with van der Waals surface area (Å²) in [4.78, 5) is 27.5. The highest BCUT2D eigenvalue weighted by Gasteiger charge is 2.27. The first-order valence-electron chi connectivity index (χ1n) is 9.24.